The van der Waals surface area contributed by atoms with E-state index in [0.717, 1.165) is 38.3 Å². The summed E-state index contributed by atoms with van der Waals surface area (Å²) in [4.78, 5) is 49.1. The number of carbonyl (C=O) groups is 3. The van der Waals surface area contributed by atoms with Crippen LogP contribution in [0.3, 0.4) is 0 Å². The molecule has 11 heteroatoms. The molecule has 4 atom stereocenters. The topological polar surface area (TPSA) is 156 Å². The molecule has 0 aliphatic carbocycles. The fourth-order valence-corrected chi connectivity index (χ4v) is 6.02. The van der Waals surface area contributed by atoms with Gasteiger partial charge in [0.25, 0.3) is 0 Å². The summed E-state index contributed by atoms with van der Waals surface area (Å²) in [6, 6.07) is 22.6. The van der Waals surface area contributed by atoms with Crippen molar-refractivity contribution in [3.63, 3.8) is 0 Å². The highest BCUT2D eigenvalue weighted by molar-refractivity contribution is 5.89. The Morgan fingerprint density at radius 2 is 1.00 bits per heavy atom. The van der Waals surface area contributed by atoms with Crippen molar-refractivity contribution in [3.8, 4) is 0 Å². The van der Waals surface area contributed by atoms with Crippen LogP contribution in [0.2, 0.25) is 0 Å². The molecule has 3 aromatic heterocycles. The zero-order valence-corrected chi connectivity index (χ0v) is 24.6. The first-order valence-corrected chi connectivity index (χ1v) is 15.0. The van der Waals surface area contributed by atoms with Crippen molar-refractivity contribution in [1.29, 1.82) is 0 Å². The van der Waals surface area contributed by atoms with Gasteiger partial charge < -0.3 is 39.0 Å². The third-order valence-electron chi connectivity index (χ3n) is 8.25. The maximum absolute atomic E-state index is 13.3. The number of para-hydroxylation sites is 3. The van der Waals surface area contributed by atoms with Crippen molar-refractivity contribution in [2.75, 3.05) is 6.61 Å². The summed E-state index contributed by atoms with van der Waals surface area (Å²) in [5.74, 6) is -1.93. The molecule has 1 fully saturated rings. The van der Waals surface area contributed by atoms with Gasteiger partial charge in [-0.05, 0) is 34.9 Å². The molecule has 234 valence electrons. The van der Waals surface area contributed by atoms with Gasteiger partial charge in [-0.1, -0.05) is 54.6 Å². The van der Waals surface area contributed by atoms with Gasteiger partial charge in [-0.3, -0.25) is 14.4 Å². The molecule has 0 radical (unpaired) electrons. The van der Waals surface area contributed by atoms with Crippen molar-refractivity contribution in [2.45, 2.75) is 43.9 Å². The van der Waals surface area contributed by atoms with Crippen LogP contribution in [0, 0.1) is 0 Å². The van der Waals surface area contributed by atoms with Gasteiger partial charge >= 0.3 is 17.9 Å². The summed E-state index contributed by atoms with van der Waals surface area (Å²) in [6.07, 6.45) is -0.677. The van der Waals surface area contributed by atoms with Crippen LogP contribution in [0.15, 0.2) is 91.4 Å². The second-order valence-electron chi connectivity index (χ2n) is 11.3. The van der Waals surface area contributed by atoms with Crippen molar-refractivity contribution in [2.24, 2.45) is 0 Å². The molecule has 11 nitrogen and oxygen atoms in total. The molecular formula is C35H31N3O8. The van der Waals surface area contributed by atoms with E-state index in [4.69, 9.17) is 18.9 Å². The van der Waals surface area contributed by atoms with Crippen LogP contribution < -0.4 is 0 Å². The summed E-state index contributed by atoms with van der Waals surface area (Å²) in [5, 5.41) is 13.4. The number of aliphatic hydroxyl groups excluding tert-OH is 1. The number of carbonyl (C=O) groups excluding carboxylic acids is 3. The quantitative estimate of drug-likeness (QED) is 0.138. The maximum Gasteiger partial charge on any atom is 0.310 e. The van der Waals surface area contributed by atoms with Crippen molar-refractivity contribution < 1.29 is 38.4 Å². The second kappa shape index (κ2) is 12.5. The fourth-order valence-electron chi connectivity index (χ4n) is 6.02. The van der Waals surface area contributed by atoms with Gasteiger partial charge in [-0.2, -0.15) is 0 Å². The first-order chi connectivity index (χ1) is 22.4. The first kappa shape index (κ1) is 29.3. The van der Waals surface area contributed by atoms with Gasteiger partial charge in [0.2, 0.25) is 0 Å². The van der Waals surface area contributed by atoms with Crippen LogP contribution in [0.4, 0.5) is 0 Å². The smallest absolute Gasteiger partial charge is 0.310 e. The molecule has 3 aromatic carbocycles. The van der Waals surface area contributed by atoms with Crippen LogP contribution >= 0.6 is 0 Å². The first-order valence-electron chi connectivity index (χ1n) is 15.0. The number of aromatic amines is 3. The number of benzene rings is 3. The molecule has 4 unspecified atom stereocenters. The average molecular weight is 622 g/mol. The van der Waals surface area contributed by atoms with Gasteiger partial charge in [-0.15, -0.1) is 0 Å². The highest BCUT2D eigenvalue weighted by Crippen LogP contribution is 2.27. The number of nitrogens with one attached hydrogen (secondary N) is 3. The van der Waals surface area contributed by atoms with E-state index in [9.17, 15) is 19.5 Å². The van der Waals surface area contributed by atoms with Crippen molar-refractivity contribution in [3.05, 3.63) is 108 Å². The average Bonchev–Trinajstić information content (AvgIpc) is 3.78. The lowest BCUT2D eigenvalue weighted by molar-refractivity contribution is -0.268. The Balaban J connectivity index is 1.11. The molecule has 1 saturated heterocycles. The number of rotatable bonds is 9. The molecule has 0 bridgehead atoms. The molecule has 7 rings (SSSR count). The van der Waals surface area contributed by atoms with E-state index < -0.39 is 42.5 Å². The maximum atomic E-state index is 13.3. The number of H-pyrrole nitrogens is 3. The number of hydrogen-bond acceptors (Lipinski definition) is 8. The van der Waals surface area contributed by atoms with Crippen LogP contribution in [0.25, 0.3) is 32.7 Å². The summed E-state index contributed by atoms with van der Waals surface area (Å²) < 4.78 is 22.8. The number of ether oxygens (including phenoxy) is 4. The second-order valence-corrected chi connectivity index (χ2v) is 11.3. The van der Waals surface area contributed by atoms with Crippen LogP contribution in [-0.4, -0.2) is 69.2 Å². The standard InChI is InChI=1S/C35H31N3O8/c39-30(13-20-16-36-26-10-4-1-7-23(20)26)44-29-19-43-35(42)34(46-32(41)15-22-18-38-28-12-6-3-9-25(22)28)33(29)45-31(40)14-21-17-37-27-11-5-2-8-24(21)27/h1-12,16-18,29,33-38,42H,13-15,19H2. The SMILES string of the molecule is O=C(Cc1c[nH]c2ccccc12)OC1COC(O)C(OC(=O)Cc2c[nH]c3ccccc23)C1OC(=O)Cc1c[nH]c2ccccc12. The molecule has 0 amide bonds. The number of aromatic nitrogens is 3. The van der Waals surface area contributed by atoms with Crippen LogP contribution in [0.1, 0.15) is 16.7 Å². The summed E-state index contributed by atoms with van der Waals surface area (Å²) >= 11 is 0. The summed E-state index contributed by atoms with van der Waals surface area (Å²) in [5.41, 5.74) is 4.72. The van der Waals surface area contributed by atoms with E-state index in [1.807, 2.05) is 72.8 Å². The zero-order valence-electron chi connectivity index (χ0n) is 24.6. The van der Waals surface area contributed by atoms with E-state index in [1.54, 1.807) is 18.6 Å². The Labute approximate surface area is 262 Å². The Morgan fingerprint density at radius 1 is 0.609 bits per heavy atom. The Morgan fingerprint density at radius 3 is 1.46 bits per heavy atom. The Bertz CT molecular complexity index is 2040. The van der Waals surface area contributed by atoms with Gasteiger partial charge in [0.05, 0.1) is 25.9 Å². The van der Waals surface area contributed by atoms with Gasteiger partial charge in [0.15, 0.2) is 24.6 Å². The molecule has 6 aromatic rings. The third kappa shape index (κ3) is 5.97. The highest BCUT2D eigenvalue weighted by atomic mass is 16.7. The molecule has 0 saturated carbocycles. The molecular weight excluding hydrogens is 590 g/mol. The monoisotopic (exact) mass is 621 g/mol. The van der Waals surface area contributed by atoms with Crippen molar-refractivity contribution in [1.82, 2.24) is 15.0 Å². The summed E-state index contributed by atoms with van der Waals surface area (Å²) in [7, 11) is 0. The molecule has 46 heavy (non-hydrogen) atoms. The van der Waals surface area contributed by atoms with E-state index >= 15 is 0 Å². The van der Waals surface area contributed by atoms with Crippen LogP contribution in [-0.2, 0) is 52.6 Å². The van der Waals surface area contributed by atoms with E-state index in [-0.39, 0.29) is 25.9 Å². The molecule has 0 spiro atoms. The third-order valence-corrected chi connectivity index (χ3v) is 8.25. The predicted molar refractivity (Wildman–Crippen MR) is 168 cm³/mol. The van der Waals surface area contributed by atoms with Crippen LogP contribution in [0.5, 0.6) is 0 Å². The summed E-state index contributed by atoms with van der Waals surface area (Å²) in [6.45, 7) is -0.275. The normalized spacial score (nSPS) is 19.8. The number of aliphatic hydroxyl groups is 1. The highest BCUT2D eigenvalue weighted by Gasteiger charge is 2.47. The number of hydrogen-bond donors (Lipinski definition) is 4. The Hall–Kier alpha value is -5.39. The van der Waals surface area contributed by atoms with Crippen molar-refractivity contribution >= 4 is 50.6 Å². The van der Waals surface area contributed by atoms with E-state index in [0.29, 0.717) is 11.1 Å². The number of fused-ring (bicyclic) bond motifs is 3. The minimum atomic E-state index is -1.62. The van der Waals surface area contributed by atoms with Gasteiger partial charge in [0.1, 0.15) is 0 Å². The minimum absolute atomic E-state index is 0.0654. The predicted octanol–water partition coefficient (Wildman–Crippen LogP) is 4.24. The fraction of sp³-hybridized carbons (Fsp3) is 0.229. The lowest BCUT2D eigenvalue weighted by atomic mass is 10.0. The van der Waals surface area contributed by atoms with E-state index in [1.165, 1.54) is 0 Å². The van der Waals surface area contributed by atoms with Gasteiger partial charge in [0, 0.05) is 51.3 Å². The molecule has 1 aliphatic heterocycles. The molecule has 4 heterocycles. The zero-order chi connectivity index (χ0) is 31.6. The van der Waals surface area contributed by atoms with Gasteiger partial charge in [-0.25, -0.2) is 0 Å². The van der Waals surface area contributed by atoms with E-state index in [2.05, 4.69) is 15.0 Å². The lowest BCUT2D eigenvalue weighted by Crippen LogP contribution is -2.57. The largest absolute Gasteiger partial charge is 0.456 e. The molecule has 4 N–H and O–H groups in total. The number of esters is 3. The lowest BCUT2D eigenvalue weighted by Gasteiger charge is -2.38. The Kier molecular flexibility index (Phi) is 8.00. The molecule has 1 aliphatic rings. The minimum Gasteiger partial charge on any atom is -0.456 e.